The number of hydrogen-bond acceptors (Lipinski definition) is 3. The average Bonchev–Trinajstić information content (AvgIpc) is 2.45. The predicted molar refractivity (Wildman–Crippen MR) is 81.5 cm³/mol. The van der Waals surface area contributed by atoms with Gasteiger partial charge < -0.3 is 4.74 Å². The fraction of sp³-hybridized carbons (Fsp3) is 0.133. The van der Waals surface area contributed by atoms with Crippen molar-refractivity contribution in [1.82, 2.24) is 0 Å². The first kappa shape index (κ1) is 14.0. The van der Waals surface area contributed by atoms with Crippen LogP contribution < -0.4 is 4.74 Å². The fourth-order valence-electron chi connectivity index (χ4n) is 1.55. The van der Waals surface area contributed by atoms with E-state index in [-0.39, 0.29) is 0 Å². The second-order valence-corrected chi connectivity index (χ2v) is 5.73. The SMILES string of the molecule is N#Cc1ccccc1OCCSc1ccccc1Br. The third-order valence-electron chi connectivity index (χ3n) is 2.44. The summed E-state index contributed by atoms with van der Waals surface area (Å²) in [5.74, 6) is 1.49. The molecule has 2 aromatic carbocycles. The molecule has 0 atom stereocenters. The number of para-hydroxylation sites is 1. The zero-order chi connectivity index (χ0) is 13.5. The van der Waals surface area contributed by atoms with Crippen LogP contribution in [0.3, 0.4) is 0 Å². The molecule has 0 bridgehead atoms. The van der Waals surface area contributed by atoms with Gasteiger partial charge >= 0.3 is 0 Å². The Morgan fingerprint density at radius 3 is 2.63 bits per heavy atom. The third-order valence-corrected chi connectivity index (χ3v) is 4.43. The average molecular weight is 334 g/mol. The van der Waals surface area contributed by atoms with E-state index >= 15 is 0 Å². The number of ether oxygens (including phenoxy) is 1. The summed E-state index contributed by atoms with van der Waals surface area (Å²) < 4.78 is 6.73. The van der Waals surface area contributed by atoms with E-state index < -0.39 is 0 Å². The van der Waals surface area contributed by atoms with Gasteiger partial charge in [-0.1, -0.05) is 24.3 Å². The molecular formula is C15H12BrNOS. The molecule has 0 saturated carbocycles. The molecule has 0 aromatic heterocycles. The maximum absolute atomic E-state index is 8.95. The zero-order valence-electron chi connectivity index (χ0n) is 10.2. The van der Waals surface area contributed by atoms with Crippen LogP contribution in [0.4, 0.5) is 0 Å². The number of hydrogen-bond donors (Lipinski definition) is 0. The molecule has 0 aliphatic heterocycles. The second kappa shape index (κ2) is 7.22. The van der Waals surface area contributed by atoms with Gasteiger partial charge in [0.05, 0.1) is 12.2 Å². The summed E-state index contributed by atoms with van der Waals surface area (Å²) in [5, 5.41) is 8.95. The van der Waals surface area contributed by atoms with Crippen molar-refractivity contribution in [2.75, 3.05) is 12.4 Å². The van der Waals surface area contributed by atoms with E-state index in [1.54, 1.807) is 17.8 Å². The Balaban J connectivity index is 1.85. The van der Waals surface area contributed by atoms with Gasteiger partial charge in [-0.05, 0) is 40.2 Å². The van der Waals surface area contributed by atoms with Crippen LogP contribution in [0.2, 0.25) is 0 Å². The molecule has 0 saturated heterocycles. The minimum atomic E-state index is 0.574. The summed E-state index contributed by atoms with van der Waals surface area (Å²) in [7, 11) is 0. The predicted octanol–water partition coefficient (Wildman–Crippen LogP) is 4.49. The van der Waals surface area contributed by atoms with Crippen LogP contribution in [-0.2, 0) is 0 Å². The standard InChI is InChI=1S/C15H12BrNOS/c16-13-6-2-4-8-15(13)19-10-9-18-14-7-3-1-5-12(14)11-17/h1-8H,9-10H2. The molecule has 0 spiro atoms. The molecule has 2 aromatic rings. The van der Waals surface area contributed by atoms with Gasteiger partial charge in [-0.15, -0.1) is 11.8 Å². The first-order chi connectivity index (χ1) is 9.31. The summed E-state index contributed by atoms with van der Waals surface area (Å²) >= 11 is 5.24. The third kappa shape index (κ3) is 4.02. The highest BCUT2D eigenvalue weighted by Gasteiger charge is 2.02. The molecule has 19 heavy (non-hydrogen) atoms. The topological polar surface area (TPSA) is 33.0 Å². The molecular weight excluding hydrogens is 322 g/mol. The monoisotopic (exact) mass is 333 g/mol. The molecule has 0 aliphatic rings. The van der Waals surface area contributed by atoms with Crippen LogP contribution in [0.15, 0.2) is 57.9 Å². The molecule has 0 radical (unpaired) electrons. The Morgan fingerprint density at radius 1 is 1.11 bits per heavy atom. The van der Waals surface area contributed by atoms with Crippen molar-refractivity contribution in [1.29, 1.82) is 5.26 Å². The lowest BCUT2D eigenvalue weighted by atomic mass is 10.2. The fourth-order valence-corrected chi connectivity index (χ4v) is 2.95. The highest BCUT2D eigenvalue weighted by Crippen LogP contribution is 2.27. The van der Waals surface area contributed by atoms with Gasteiger partial charge in [-0.3, -0.25) is 0 Å². The second-order valence-electron chi connectivity index (χ2n) is 3.74. The van der Waals surface area contributed by atoms with Crippen LogP contribution >= 0.6 is 27.7 Å². The summed E-state index contributed by atoms with van der Waals surface area (Å²) in [6.45, 7) is 0.574. The summed E-state index contributed by atoms with van der Waals surface area (Å²) in [6.07, 6.45) is 0. The summed E-state index contributed by atoms with van der Waals surface area (Å²) in [4.78, 5) is 1.19. The van der Waals surface area contributed by atoms with Gasteiger partial charge in [-0.25, -0.2) is 0 Å². The number of nitrogens with zero attached hydrogens (tertiary/aromatic N) is 1. The largest absolute Gasteiger partial charge is 0.491 e. The molecule has 0 heterocycles. The highest BCUT2D eigenvalue weighted by atomic mass is 79.9. The van der Waals surface area contributed by atoms with E-state index in [1.807, 2.05) is 36.4 Å². The normalized spacial score (nSPS) is 9.89. The highest BCUT2D eigenvalue weighted by molar-refractivity contribution is 9.10. The summed E-state index contributed by atoms with van der Waals surface area (Å²) in [5.41, 5.74) is 0.577. The molecule has 96 valence electrons. The molecule has 2 nitrogen and oxygen atoms in total. The van der Waals surface area contributed by atoms with Gasteiger partial charge in [0, 0.05) is 15.1 Å². The van der Waals surface area contributed by atoms with Crippen molar-refractivity contribution in [2.45, 2.75) is 4.90 Å². The smallest absolute Gasteiger partial charge is 0.137 e. The quantitative estimate of drug-likeness (QED) is 0.596. The van der Waals surface area contributed by atoms with E-state index in [0.717, 1.165) is 10.2 Å². The molecule has 4 heteroatoms. The van der Waals surface area contributed by atoms with Gasteiger partial charge in [-0.2, -0.15) is 5.26 Å². The van der Waals surface area contributed by atoms with Crippen molar-refractivity contribution in [3.8, 4) is 11.8 Å². The summed E-state index contributed by atoms with van der Waals surface area (Å²) in [6, 6.07) is 17.5. The minimum absolute atomic E-state index is 0.574. The first-order valence-electron chi connectivity index (χ1n) is 5.80. The van der Waals surface area contributed by atoms with Crippen LogP contribution in [0.25, 0.3) is 0 Å². The van der Waals surface area contributed by atoms with Gasteiger partial charge in [0.1, 0.15) is 11.8 Å². The molecule has 0 amide bonds. The molecule has 2 rings (SSSR count). The zero-order valence-corrected chi connectivity index (χ0v) is 12.6. The number of halogens is 1. The minimum Gasteiger partial charge on any atom is -0.491 e. The van der Waals surface area contributed by atoms with E-state index in [0.29, 0.717) is 17.9 Å². The van der Waals surface area contributed by atoms with E-state index in [9.17, 15) is 0 Å². The van der Waals surface area contributed by atoms with Crippen molar-refractivity contribution in [3.05, 3.63) is 58.6 Å². The number of benzene rings is 2. The van der Waals surface area contributed by atoms with E-state index in [1.165, 1.54) is 4.90 Å². The van der Waals surface area contributed by atoms with Crippen LogP contribution in [0, 0.1) is 11.3 Å². The van der Waals surface area contributed by atoms with Gasteiger partial charge in [0.25, 0.3) is 0 Å². The van der Waals surface area contributed by atoms with E-state index in [4.69, 9.17) is 10.00 Å². The number of rotatable bonds is 5. The van der Waals surface area contributed by atoms with Crippen LogP contribution in [0.1, 0.15) is 5.56 Å². The molecule has 0 aliphatic carbocycles. The number of nitriles is 1. The van der Waals surface area contributed by atoms with Crippen LogP contribution in [0.5, 0.6) is 5.75 Å². The maximum Gasteiger partial charge on any atom is 0.137 e. The Labute approximate surface area is 125 Å². The van der Waals surface area contributed by atoms with Crippen molar-refractivity contribution in [2.24, 2.45) is 0 Å². The molecule has 0 fully saturated rings. The Bertz CT molecular complexity index is 595. The van der Waals surface area contributed by atoms with Crippen molar-refractivity contribution < 1.29 is 4.74 Å². The molecule has 0 N–H and O–H groups in total. The Morgan fingerprint density at radius 2 is 1.84 bits per heavy atom. The van der Waals surface area contributed by atoms with Gasteiger partial charge in [0.15, 0.2) is 0 Å². The lowest BCUT2D eigenvalue weighted by molar-refractivity contribution is 0.343. The van der Waals surface area contributed by atoms with Gasteiger partial charge in [0.2, 0.25) is 0 Å². The maximum atomic E-state index is 8.95. The first-order valence-corrected chi connectivity index (χ1v) is 7.58. The van der Waals surface area contributed by atoms with Crippen LogP contribution in [-0.4, -0.2) is 12.4 Å². The van der Waals surface area contributed by atoms with Crippen molar-refractivity contribution >= 4 is 27.7 Å². The Kier molecular flexibility index (Phi) is 5.31. The Hall–Kier alpha value is -1.44. The number of thioether (sulfide) groups is 1. The molecule has 0 unspecified atom stereocenters. The van der Waals surface area contributed by atoms with E-state index in [2.05, 4.69) is 28.1 Å². The van der Waals surface area contributed by atoms with Crippen molar-refractivity contribution in [3.63, 3.8) is 0 Å². The lowest BCUT2D eigenvalue weighted by Gasteiger charge is -2.08. The lowest BCUT2D eigenvalue weighted by Crippen LogP contribution is -2.01.